The average molecular weight is 348 g/mol. The van der Waals surface area contributed by atoms with Crippen LogP contribution in [0.5, 0.6) is 11.5 Å². The number of benzene rings is 2. The summed E-state index contributed by atoms with van der Waals surface area (Å²) in [7, 11) is 1.63. The highest BCUT2D eigenvalue weighted by Crippen LogP contribution is 2.21. The van der Waals surface area contributed by atoms with Crippen molar-refractivity contribution >= 4 is 17.5 Å². The number of halogens is 1. The van der Waals surface area contributed by atoms with Crippen molar-refractivity contribution in [1.29, 1.82) is 0 Å². The Morgan fingerprint density at radius 2 is 1.67 bits per heavy atom. The fourth-order valence-electron chi connectivity index (χ4n) is 2.32. The van der Waals surface area contributed by atoms with E-state index >= 15 is 0 Å². The van der Waals surface area contributed by atoms with E-state index in [-0.39, 0.29) is 11.9 Å². The van der Waals surface area contributed by atoms with Crippen molar-refractivity contribution in [1.82, 2.24) is 5.32 Å². The molecule has 24 heavy (non-hydrogen) atoms. The molecule has 0 aliphatic carbocycles. The van der Waals surface area contributed by atoms with Crippen molar-refractivity contribution in [2.75, 3.05) is 7.11 Å². The first kappa shape index (κ1) is 18.1. The molecule has 5 heteroatoms. The summed E-state index contributed by atoms with van der Waals surface area (Å²) in [4.78, 5) is 12.4. The van der Waals surface area contributed by atoms with Gasteiger partial charge in [0.15, 0.2) is 6.10 Å². The molecule has 0 saturated carbocycles. The fourth-order valence-corrected chi connectivity index (χ4v) is 2.44. The van der Waals surface area contributed by atoms with Gasteiger partial charge in [-0.15, -0.1) is 0 Å². The number of ether oxygens (including phenoxy) is 2. The summed E-state index contributed by atoms with van der Waals surface area (Å²) < 4.78 is 10.8. The van der Waals surface area contributed by atoms with Crippen LogP contribution < -0.4 is 14.8 Å². The minimum atomic E-state index is -0.599. The van der Waals surface area contributed by atoms with Crippen LogP contribution in [0.3, 0.4) is 0 Å². The van der Waals surface area contributed by atoms with Gasteiger partial charge in [0.2, 0.25) is 0 Å². The number of amides is 1. The van der Waals surface area contributed by atoms with Crippen LogP contribution in [0, 0.1) is 0 Å². The van der Waals surface area contributed by atoms with Crippen LogP contribution in [0.1, 0.15) is 31.9 Å². The van der Waals surface area contributed by atoms with Crippen LogP contribution in [0.4, 0.5) is 0 Å². The molecule has 1 amide bonds. The topological polar surface area (TPSA) is 47.6 Å². The van der Waals surface area contributed by atoms with E-state index in [1.807, 2.05) is 31.2 Å². The third-order valence-electron chi connectivity index (χ3n) is 3.74. The first-order chi connectivity index (χ1) is 11.5. The highest BCUT2D eigenvalue weighted by Gasteiger charge is 2.19. The summed E-state index contributed by atoms with van der Waals surface area (Å²) in [5.74, 6) is 1.24. The number of nitrogens with one attached hydrogen (secondary N) is 1. The Bertz CT molecular complexity index is 655. The third-order valence-corrected chi connectivity index (χ3v) is 3.99. The van der Waals surface area contributed by atoms with Crippen LogP contribution in [-0.2, 0) is 4.79 Å². The summed E-state index contributed by atoms with van der Waals surface area (Å²) in [6.07, 6.45) is 0.185. The molecule has 0 aliphatic rings. The zero-order chi connectivity index (χ0) is 17.5. The normalized spacial score (nSPS) is 13.0. The van der Waals surface area contributed by atoms with E-state index in [2.05, 4.69) is 5.32 Å². The Morgan fingerprint density at radius 3 is 2.21 bits per heavy atom. The SMILES string of the molecule is CC[C@H](NC(=O)[C@@H](C)Oc1ccc(Cl)cc1)c1ccc(OC)cc1. The second-order valence-electron chi connectivity index (χ2n) is 5.46. The number of carbonyl (C=O) groups is 1. The Balaban J connectivity index is 1.98. The molecule has 4 nitrogen and oxygen atoms in total. The molecule has 128 valence electrons. The van der Waals surface area contributed by atoms with Crippen LogP contribution >= 0.6 is 11.6 Å². The van der Waals surface area contributed by atoms with Crippen molar-refractivity contribution in [3.05, 3.63) is 59.1 Å². The lowest BCUT2D eigenvalue weighted by molar-refractivity contribution is -0.128. The van der Waals surface area contributed by atoms with Gasteiger partial charge in [-0.3, -0.25) is 4.79 Å². The van der Waals surface area contributed by atoms with Crippen molar-refractivity contribution in [2.24, 2.45) is 0 Å². The second-order valence-corrected chi connectivity index (χ2v) is 5.89. The van der Waals surface area contributed by atoms with Crippen LogP contribution in [0.25, 0.3) is 0 Å². The summed E-state index contributed by atoms with van der Waals surface area (Å²) in [5.41, 5.74) is 1.03. The van der Waals surface area contributed by atoms with Crippen molar-refractivity contribution < 1.29 is 14.3 Å². The van der Waals surface area contributed by atoms with Gasteiger partial charge in [-0.25, -0.2) is 0 Å². The molecule has 0 bridgehead atoms. The largest absolute Gasteiger partial charge is 0.497 e. The van der Waals surface area contributed by atoms with Gasteiger partial charge >= 0.3 is 0 Å². The van der Waals surface area contributed by atoms with Crippen LogP contribution in [0.15, 0.2) is 48.5 Å². The molecular formula is C19H22ClNO3. The molecule has 0 unspecified atom stereocenters. The van der Waals surface area contributed by atoms with Gasteiger partial charge < -0.3 is 14.8 Å². The molecule has 2 aromatic carbocycles. The zero-order valence-corrected chi connectivity index (χ0v) is 14.8. The molecule has 0 spiro atoms. The van der Waals surface area contributed by atoms with Gasteiger partial charge in [0.05, 0.1) is 13.2 Å². The maximum Gasteiger partial charge on any atom is 0.261 e. The predicted octanol–water partition coefficient (Wildman–Crippen LogP) is 4.38. The first-order valence-corrected chi connectivity index (χ1v) is 8.27. The van der Waals surface area contributed by atoms with E-state index in [1.165, 1.54) is 0 Å². The fraction of sp³-hybridized carbons (Fsp3) is 0.316. The lowest BCUT2D eigenvalue weighted by Gasteiger charge is -2.21. The Hall–Kier alpha value is -2.20. The summed E-state index contributed by atoms with van der Waals surface area (Å²) >= 11 is 5.84. The van der Waals surface area contributed by atoms with Gasteiger partial charge in [0, 0.05) is 5.02 Å². The van der Waals surface area contributed by atoms with E-state index in [0.29, 0.717) is 10.8 Å². The summed E-state index contributed by atoms with van der Waals surface area (Å²) in [6, 6.07) is 14.6. The average Bonchev–Trinajstić information content (AvgIpc) is 2.61. The molecule has 1 N–H and O–H groups in total. The maximum absolute atomic E-state index is 12.4. The lowest BCUT2D eigenvalue weighted by Crippen LogP contribution is -2.38. The Kier molecular flexibility index (Phi) is 6.50. The lowest BCUT2D eigenvalue weighted by atomic mass is 10.0. The molecular weight excluding hydrogens is 326 g/mol. The number of hydrogen-bond acceptors (Lipinski definition) is 3. The van der Waals surface area contributed by atoms with Gasteiger partial charge in [0.25, 0.3) is 5.91 Å². The number of carbonyl (C=O) groups excluding carboxylic acids is 1. The van der Waals surface area contributed by atoms with E-state index in [4.69, 9.17) is 21.1 Å². The standard InChI is InChI=1S/C19H22ClNO3/c1-4-18(14-5-9-16(23-3)10-6-14)21-19(22)13(2)24-17-11-7-15(20)8-12-17/h5-13,18H,4H2,1-3H3,(H,21,22)/t13-,18+/m1/s1. The third kappa shape index (κ3) is 4.90. The van der Waals surface area contributed by atoms with E-state index in [1.54, 1.807) is 38.3 Å². The molecule has 2 rings (SSSR count). The monoisotopic (exact) mass is 347 g/mol. The molecule has 2 atom stereocenters. The maximum atomic E-state index is 12.4. The van der Waals surface area contributed by atoms with E-state index < -0.39 is 6.10 Å². The number of rotatable bonds is 7. The summed E-state index contributed by atoms with van der Waals surface area (Å²) in [5, 5.41) is 3.65. The van der Waals surface area contributed by atoms with Crippen molar-refractivity contribution in [3.8, 4) is 11.5 Å². The molecule has 0 heterocycles. The molecule has 0 aliphatic heterocycles. The Labute approximate surface area is 147 Å². The minimum absolute atomic E-state index is 0.0697. The van der Waals surface area contributed by atoms with Crippen molar-refractivity contribution in [2.45, 2.75) is 32.4 Å². The Morgan fingerprint density at radius 1 is 1.08 bits per heavy atom. The van der Waals surface area contributed by atoms with Gasteiger partial charge in [-0.05, 0) is 55.3 Å². The second kappa shape index (κ2) is 8.60. The number of methoxy groups -OCH3 is 1. The van der Waals surface area contributed by atoms with Crippen LogP contribution in [0.2, 0.25) is 5.02 Å². The highest BCUT2D eigenvalue weighted by atomic mass is 35.5. The predicted molar refractivity (Wildman–Crippen MR) is 95.7 cm³/mol. The van der Waals surface area contributed by atoms with E-state index in [0.717, 1.165) is 17.7 Å². The van der Waals surface area contributed by atoms with Crippen LogP contribution in [-0.4, -0.2) is 19.1 Å². The zero-order valence-electron chi connectivity index (χ0n) is 14.1. The minimum Gasteiger partial charge on any atom is -0.497 e. The molecule has 2 aromatic rings. The van der Waals surface area contributed by atoms with Gasteiger partial charge in [-0.1, -0.05) is 30.7 Å². The van der Waals surface area contributed by atoms with Gasteiger partial charge in [0.1, 0.15) is 11.5 Å². The highest BCUT2D eigenvalue weighted by molar-refractivity contribution is 6.30. The molecule has 0 aromatic heterocycles. The van der Waals surface area contributed by atoms with E-state index in [9.17, 15) is 4.79 Å². The molecule has 0 saturated heterocycles. The first-order valence-electron chi connectivity index (χ1n) is 7.90. The summed E-state index contributed by atoms with van der Waals surface area (Å²) in [6.45, 7) is 3.75. The smallest absolute Gasteiger partial charge is 0.261 e. The number of hydrogen-bond donors (Lipinski definition) is 1. The molecule has 0 fully saturated rings. The van der Waals surface area contributed by atoms with Crippen molar-refractivity contribution in [3.63, 3.8) is 0 Å². The molecule has 0 radical (unpaired) electrons. The van der Waals surface area contributed by atoms with Gasteiger partial charge in [-0.2, -0.15) is 0 Å². The quantitative estimate of drug-likeness (QED) is 0.808.